The maximum atomic E-state index is 13.0. The van der Waals surface area contributed by atoms with Gasteiger partial charge < -0.3 is 4.90 Å². The Bertz CT molecular complexity index is 1000. The summed E-state index contributed by atoms with van der Waals surface area (Å²) < 4.78 is 0. The molecule has 0 spiro atoms. The van der Waals surface area contributed by atoms with Gasteiger partial charge in [-0.2, -0.15) is 0 Å². The summed E-state index contributed by atoms with van der Waals surface area (Å²) in [4.78, 5) is 26.1. The number of nitrogens with zero attached hydrogens (tertiary/aromatic N) is 6. The monoisotopic (exact) mass is 362 g/mol. The Kier molecular flexibility index (Phi) is 3.52. The van der Waals surface area contributed by atoms with E-state index in [4.69, 9.17) is 4.98 Å². The third-order valence-electron chi connectivity index (χ3n) is 5.01. The van der Waals surface area contributed by atoms with Crippen molar-refractivity contribution >= 4 is 23.4 Å². The van der Waals surface area contributed by atoms with E-state index in [1.807, 2.05) is 31.2 Å². The molecule has 1 atom stereocenters. The van der Waals surface area contributed by atoms with Gasteiger partial charge in [0.15, 0.2) is 11.6 Å². The van der Waals surface area contributed by atoms with Crippen LogP contribution in [0, 0.1) is 6.92 Å². The van der Waals surface area contributed by atoms with Crippen LogP contribution in [0.3, 0.4) is 0 Å². The third kappa shape index (κ3) is 2.67. The first kappa shape index (κ1) is 15.7. The van der Waals surface area contributed by atoms with E-state index in [9.17, 15) is 4.79 Å². The number of aromatic amines is 1. The van der Waals surface area contributed by atoms with Gasteiger partial charge in [0.2, 0.25) is 0 Å². The molecule has 0 saturated carbocycles. The van der Waals surface area contributed by atoms with E-state index in [-0.39, 0.29) is 12.1 Å². The number of urea groups is 1. The molecule has 5 heterocycles. The molecule has 136 valence electrons. The van der Waals surface area contributed by atoms with Crippen molar-refractivity contribution in [1.82, 2.24) is 25.4 Å². The van der Waals surface area contributed by atoms with Gasteiger partial charge in [-0.15, -0.1) is 5.10 Å². The highest BCUT2D eigenvalue weighted by atomic mass is 16.2. The summed E-state index contributed by atoms with van der Waals surface area (Å²) in [5.74, 6) is 1.07. The van der Waals surface area contributed by atoms with Gasteiger partial charge in [-0.3, -0.25) is 20.3 Å². The van der Waals surface area contributed by atoms with E-state index in [0.29, 0.717) is 11.6 Å². The molecule has 5 rings (SSSR count). The van der Waals surface area contributed by atoms with Crippen LogP contribution in [0.1, 0.15) is 12.1 Å². The van der Waals surface area contributed by atoms with Crippen molar-refractivity contribution in [2.24, 2.45) is 0 Å². The van der Waals surface area contributed by atoms with Crippen LogP contribution in [-0.4, -0.2) is 50.5 Å². The third-order valence-corrected chi connectivity index (χ3v) is 5.01. The van der Waals surface area contributed by atoms with E-state index in [2.05, 4.69) is 30.6 Å². The average Bonchev–Trinajstić information content (AvgIpc) is 3.32. The number of carbonyl (C=O) groups is 1. The highest BCUT2D eigenvalue weighted by Gasteiger charge is 2.40. The summed E-state index contributed by atoms with van der Waals surface area (Å²) in [5, 5.41) is 12.9. The fourth-order valence-corrected chi connectivity index (χ4v) is 3.77. The minimum Gasteiger partial charge on any atom is -0.366 e. The Morgan fingerprint density at radius 2 is 2.26 bits per heavy atom. The summed E-state index contributed by atoms with van der Waals surface area (Å²) in [6, 6.07) is 7.81. The molecule has 0 aliphatic carbocycles. The number of pyridine rings is 2. The van der Waals surface area contributed by atoms with Crippen LogP contribution in [-0.2, 0) is 0 Å². The first-order chi connectivity index (χ1) is 13.2. The Hall–Kier alpha value is -3.49. The zero-order valence-corrected chi connectivity index (χ0v) is 14.8. The number of anilines is 3. The van der Waals surface area contributed by atoms with Gasteiger partial charge in [0.25, 0.3) is 0 Å². The van der Waals surface area contributed by atoms with Gasteiger partial charge in [0.1, 0.15) is 0 Å². The van der Waals surface area contributed by atoms with Crippen LogP contribution in [0.5, 0.6) is 0 Å². The first-order valence-corrected chi connectivity index (χ1v) is 8.85. The maximum absolute atomic E-state index is 13.0. The molecule has 2 N–H and O–H groups in total. The molecule has 9 nitrogen and oxygen atoms in total. The molecule has 3 aromatic heterocycles. The SMILES string of the molecule is Cc1cc(-c2ccc3c(n2)N(C(=O)Nc2c[nH]nn2)C2CCN3C2)ccn1. The number of rotatable bonds is 2. The molecule has 1 unspecified atom stereocenters. The molecule has 2 amide bonds. The summed E-state index contributed by atoms with van der Waals surface area (Å²) in [7, 11) is 0. The van der Waals surface area contributed by atoms with Gasteiger partial charge >= 0.3 is 6.03 Å². The summed E-state index contributed by atoms with van der Waals surface area (Å²) in [6.45, 7) is 3.68. The van der Waals surface area contributed by atoms with Gasteiger partial charge in [-0.1, -0.05) is 5.21 Å². The number of fused-ring (bicyclic) bond motifs is 4. The lowest BCUT2D eigenvalue weighted by Gasteiger charge is -2.35. The number of carbonyl (C=O) groups excluding carboxylic acids is 1. The van der Waals surface area contributed by atoms with Crippen molar-refractivity contribution in [3.63, 3.8) is 0 Å². The molecule has 0 aromatic carbocycles. The van der Waals surface area contributed by atoms with Crippen LogP contribution in [0.25, 0.3) is 11.3 Å². The molecule has 2 aliphatic heterocycles. The summed E-state index contributed by atoms with van der Waals surface area (Å²) in [5.41, 5.74) is 3.71. The quantitative estimate of drug-likeness (QED) is 0.724. The molecule has 1 saturated heterocycles. The maximum Gasteiger partial charge on any atom is 0.329 e. The highest BCUT2D eigenvalue weighted by Crippen LogP contribution is 2.40. The topological polar surface area (TPSA) is 103 Å². The number of hydrogen-bond donors (Lipinski definition) is 2. The minimum absolute atomic E-state index is 0.0892. The zero-order valence-electron chi connectivity index (χ0n) is 14.8. The number of amides is 2. The Morgan fingerprint density at radius 3 is 3.07 bits per heavy atom. The molecule has 9 heteroatoms. The van der Waals surface area contributed by atoms with Crippen LogP contribution in [0.4, 0.5) is 22.1 Å². The Morgan fingerprint density at radius 1 is 1.33 bits per heavy atom. The van der Waals surface area contributed by atoms with E-state index >= 15 is 0 Å². The van der Waals surface area contributed by atoms with Crippen molar-refractivity contribution in [2.45, 2.75) is 19.4 Å². The molecule has 0 radical (unpaired) electrons. The van der Waals surface area contributed by atoms with Crippen molar-refractivity contribution in [3.8, 4) is 11.3 Å². The minimum atomic E-state index is -0.243. The first-order valence-electron chi connectivity index (χ1n) is 8.85. The Balaban J connectivity index is 1.56. The highest BCUT2D eigenvalue weighted by molar-refractivity contribution is 6.04. The molecular weight excluding hydrogens is 344 g/mol. The number of nitrogens with one attached hydrogen (secondary N) is 2. The fraction of sp³-hybridized carbons (Fsp3) is 0.278. The van der Waals surface area contributed by atoms with E-state index < -0.39 is 0 Å². The number of hydrogen-bond acceptors (Lipinski definition) is 6. The van der Waals surface area contributed by atoms with Crippen LogP contribution in [0.2, 0.25) is 0 Å². The van der Waals surface area contributed by atoms with Gasteiger partial charge in [0, 0.05) is 30.5 Å². The van der Waals surface area contributed by atoms with Crippen molar-refractivity contribution in [2.75, 3.05) is 28.2 Å². The second kappa shape index (κ2) is 6.04. The lowest BCUT2D eigenvalue weighted by Crippen LogP contribution is -2.48. The van der Waals surface area contributed by atoms with E-state index in [1.54, 1.807) is 17.3 Å². The molecule has 1 fully saturated rings. The Labute approximate surface area is 155 Å². The van der Waals surface area contributed by atoms with Crippen LogP contribution >= 0.6 is 0 Å². The van der Waals surface area contributed by atoms with Gasteiger partial charge in [-0.05, 0) is 37.6 Å². The molecule has 2 bridgehead atoms. The lowest BCUT2D eigenvalue weighted by atomic mass is 10.1. The largest absolute Gasteiger partial charge is 0.366 e. The average molecular weight is 362 g/mol. The van der Waals surface area contributed by atoms with Gasteiger partial charge in [-0.25, -0.2) is 9.78 Å². The van der Waals surface area contributed by atoms with Crippen molar-refractivity contribution < 1.29 is 4.79 Å². The standard InChI is InChI=1S/C18H18N8O/c1-11-8-12(4-6-19-11)14-2-3-15-17(21-14)26(13-5-7-25(15)10-13)18(27)22-16-9-20-24-23-16/h2-4,6,8-9,13H,5,7,10H2,1H3,(H2,20,22,23,24,27). The van der Waals surface area contributed by atoms with Crippen LogP contribution < -0.4 is 15.1 Å². The predicted molar refractivity (Wildman–Crippen MR) is 101 cm³/mol. The van der Waals surface area contributed by atoms with Crippen molar-refractivity contribution in [3.05, 3.63) is 42.4 Å². The lowest BCUT2D eigenvalue weighted by molar-refractivity contribution is 0.254. The number of aromatic nitrogens is 5. The molecule has 2 aliphatic rings. The summed E-state index contributed by atoms with van der Waals surface area (Å²) in [6.07, 6.45) is 4.23. The van der Waals surface area contributed by atoms with Crippen molar-refractivity contribution in [1.29, 1.82) is 0 Å². The summed E-state index contributed by atoms with van der Waals surface area (Å²) >= 11 is 0. The second-order valence-electron chi connectivity index (χ2n) is 6.77. The number of aryl methyl sites for hydroxylation is 1. The fourth-order valence-electron chi connectivity index (χ4n) is 3.77. The predicted octanol–water partition coefficient (Wildman–Crippen LogP) is 2.20. The molecular formula is C18H18N8O. The second-order valence-corrected chi connectivity index (χ2v) is 6.77. The smallest absolute Gasteiger partial charge is 0.329 e. The van der Waals surface area contributed by atoms with E-state index in [1.165, 1.54) is 0 Å². The number of H-pyrrole nitrogens is 1. The molecule has 3 aromatic rings. The zero-order chi connectivity index (χ0) is 18.4. The van der Waals surface area contributed by atoms with Gasteiger partial charge in [0.05, 0.1) is 23.6 Å². The molecule has 27 heavy (non-hydrogen) atoms. The normalized spacial score (nSPS) is 17.7. The van der Waals surface area contributed by atoms with Crippen LogP contribution in [0.15, 0.2) is 36.7 Å². The van der Waals surface area contributed by atoms with E-state index in [0.717, 1.165) is 42.1 Å².